The molecule has 0 saturated carbocycles. The molecule has 0 N–H and O–H groups in total. The van der Waals surface area contributed by atoms with Crippen molar-refractivity contribution in [2.75, 3.05) is 4.90 Å². The van der Waals surface area contributed by atoms with Gasteiger partial charge in [0.1, 0.15) is 0 Å². The van der Waals surface area contributed by atoms with Gasteiger partial charge in [0.05, 0.1) is 5.69 Å². The normalized spacial score (nSPS) is 25.8. The first kappa shape index (κ1) is 11.5. The van der Waals surface area contributed by atoms with Crippen LogP contribution >= 0.6 is 0 Å². The van der Waals surface area contributed by atoms with Gasteiger partial charge < -0.3 is 4.90 Å². The fourth-order valence-corrected chi connectivity index (χ4v) is 5.26. The summed E-state index contributed by atoms with van der Waals surface area (Å²) < 4.78 is 159. The van der Waals surface area contributed by atoms with Crippen molar-refractivity contribution in [1.29, 1.82) is 0 Å². The third-order valence-electron chi connectivity index (χ3n) is 7.40. The highest BCUT2D eigenvalue weighted by atomic mass is 15.1. The first-order valence-corrected chi connectivity index (χ1v) is 12.2. The van der Waals surface area contributed by atoms with Crippen LogP contribution in [0.25, 0.3) is 21.9 Å². The van der Waals surface area contributed by atoms with Crippen LogP contribution in [0.15, 0.2) is 115 Å². The molecule has 5 aromatic carbocycles. The van der Waals surface area contributed by atoms with Crippen LogP contribution < -0.4 is 4.90 Å². The molecule has 0 heterocycles. The van der Waals surface area contributed by atoms with Crippen molar-refractivity contribution in [2.45, 2.75) is 51.9 Å². The van der Waals surface area contributed by atoms with Crippen LogP contribution in [0.4, 0.5) is 17.1 Å². The van der Waals surface area contributed by atoms with Crippen molar-refractivity contribution in [1.82, 2.24) is 0 Å². The van der Waals surface area contributed by atoms with Gasteiger partial charge in [-0.25, -0.2) is 0 Å². The Bertz CT molecular complexity index is 2160. The van der Waals surface area contributed by atoms with Crippen molar-refractivity contribution in [2.24, 2.45) is 5.41 Å². The lowest BCUT2D eigenvalue weighted by Crippen LogP contribution is -2.42. The zero-order chi connectivity index (χ0) is 41.7. The van der Waals surface area contributed by atoms with Crippen LogP contribution in [0.3, 0.4) is 0 Å². The second-order valence-corrected chi connectivity index (χ2v) is 9.73. The average molecular weight is 514 g/mol. The fraction of sp³-hybridized carbons (Fsp3) is 0.243. The summed E-state index contributed by atoms with van der Waals surface area (Å²) >= 11 is 0. The first-order valence-electron chi connectivity index (χ1n) is 21.2. The van der Waals surface area contributed by atoms with Gasteiger partial charge in [0, 0.05) is 41.6 Å². The Hall–Kier alpha value is -3.84. The van der Waals surface area contributed by atoms with Gasteiger partial charge in [0.15, 0.2) is 0 Å². The summed E-state index contributed by atoms with van der Waals surface area (Å²) in [5.74, 6) is 0. The molecule has 0 aromatic heterocycles. The molecule has 1 nitrogen and oxygen atoms in total. The Kier molecular flexibility index (Phi) is 2.60. The second kappa shape index (κ2) is 8.60. The molecule has 0 saturated heterocycles. The van der Waals surface area contributed by atoms with Gasteiger partial charge in [-0.3, -0.25) is 0 Å². The van der Waals surface area contributed by atoms with Crippen LogP contribution in [0.2, 0.25) is 0 Å². The molecule has 1 aliphatic carbocycles. The molecular formula is C37H37N. The van der Waals surface area contributed by atoms with Crippen LogP contribution in [0.1, 0.15) is 76.9 Å². The molecule has 190 valence electrons. The average Bonchev–Trinajstić information content (AvgIpc) is 3.37. The topological polar surface area (TPSA) is 3.24 Å². The van der Waals surface area contributed by atoms with Crippen molar-refractivity contribution in [3.63, 3.8) is 0 Å². The van der Waals surface area contributed by atoms with Gasteiger partial charge in [-0.1, -0.05) is 120 Å². The van der Waals surface area contributed by atoms with Crippen LogP contribution in [0, 0.1) is 5.41 Å². The lowest BCUT2D eigenvalue weighted by Gasteiger charge is -2.44. The van der Waals surface area contributed by atoms with Crippen molar-refractivity contribution >= 4 is 27.8 Å². The predicted molar refractivity (Wildman–Crippen MR) is 164 cm³/mol. The van der Waals surface area contributed by atoms with Gasteiger partial charge in [-0.2, -0.15) is 0 Å². The SMILES string of the molecule is [2H]C([2H])([2H])C1(C([2H])([2H])[2H])c2ccc(-c3cc4ccccc4cc3N(c3ccccc3)c3ccccc3)cc2C(C([2H])([2H])[2H])(C([2H])([2H])[2H])C1(C([2H])([2H])[2H])C([2H])([2H])[2H]. The summed E-state index contributed by atoms with van der Waals surface area (Å²) in [6.07, 6.45) is 0. The Morgan fingerprint density at radius 3 is 1.66 bits per heavy atom. The molecule has 0 atom stereocenters. The second-order valence-electron chi connectivity index (χ2n) is 9.73. The molecule has 1 aliphatic rings. The van der Waals surface area contributed by atoms with E-state index in [1.54, 1.807) is 18.2 Å². The lowest BCUT2D eigenvalue weighted by molar-refractivity contribution is 0.125. The van der Waals surface area contributed by atoms with E-state index >= 15 is 0 Å². The van der Waals surface area contributed by atoms with Gasteiger partial charge in [-0.15, -0.1) is 0 Å². The van der Waals surface area contributed by atoms with E-state index in [1.807, 2.05) is 83.8 Å². The zero-order valence-corrected chi connectivity index (χ0v) is 20.4. The van der Waals surface area contributed by atoms with E-state index in [0.717, 1.165) is 17.5 Å². The van der Waals surface area contributed by atoms with E-state index < -0.39 is 68.5 Å². The van der Waals surface area contributed by atoms with Crippen molar-refractivity contribution in [3.8, 4) is 11.1 Å². The molecule has 0 bridgehead atoms. The Morgan fingerprint density at radius 2 is 1.08 bits per heavy atom. The van der Waals surface area contributed by atoms with E-state index in [4.69, 9.17) is 24.7 Å². The minimum absolute atomic E-state index is 0.0381. The summed E-state index contributed by atoms with van der Waals surface area (Å²) in [6.45, 7) is -25.3. The molecule has 0 aliphatic heterocycles. The molecule has 0 unspecified atom stereocenters. The van der Waals surface area contributed by atoms with Gasteiger partial charge >= 0.3 is 0 Å². The molecule has 0 spiro atoms. The summed E-state index contributed by atoms with van der Waals surface area (Å²) in [4.78, 5) is 1.88. The predicted octanol–water partition coefficient (Wildman–Crippen LogP) is 10.6. The molecule has 6 rings (SSSR count). The van der Waals surface area contributed by atoms with Crippen molar-refractivity contribution in [3.05, 3.63) is 126 Å². The number of fused-ring (bicyclic) bond motifs is 2. The maximum atomic E-state index is 8.88. The van der Waals surface area contributed by atoms with E-state index in [2.05, 4.69) is 0 Å². The maximum absolute atomic E-state index is 8.88. The molecule has 0 radical (unpaired) electrons. The quantitative estimate of drug-likeness (QED) is 0.231. The van der Waals surface area contributed by atoms with Crippen LogP contribution in [-0.2, 0) is 10.8 Å². The standard InChI is InChI=1S/C37H37N/c1-35(2)32-22-21-28(24-33(32)36(3,4)37(35,5)6)31-23-26-15-13-14-16-27(26)25-34(31)38(29-17-9-7-10-18-29)30-19-11-8-12-20-30/h7-25H,1-6H3/i1D3,2D3,3D3,4D3,5D3,6D3. The largest absolute Gasteiger partial charge is 0.310 e. The van der Waals surface area contributed by atoms with Crippen molar-refractivity contribution < 1.29 is 24.7 Å². The van der Waals surface area contributed by atoms with Gasteiger partial charge in [0.2, 0.25) is 0 Å². The maximum Gasteiger partial charge on any atom is 0.0546 e. The number of para-hydroxylation sites is 2. The summed E-state index contributed by atoms with van der Waals surface area (Å²) in [5, 5.41) is 1.43. The van der Waals surface area contributed by atoms with Crippen LogP contribution in [0.5, 0.6) is 0 Å². The first-order chi connectivity index (χ1) is 25.6. The van der Waals surface area contributed by atoms with Crippen LogP contribution in [-0.4, -0.2) is 0 Å². The Balaban J connectivity index is 1.89. The Labute approximate surface area is 253 Å². The lowest BCUT2D eigenvalue weighted by atomic mass is 9.59. The molecule has 5 aromatic rings. The smallest absolute Gasteiger partial charge is 0.0546 e. The molecule has 0 amide bonds. The van der Waals surface area contributed by atoms with E-state index in [0.29, 0.717) is 28.0 Å². The number of benzene rings is 5. The van der Waals surface area contributed by atoms with E-state index in [1.165, 1.54) is 6.07 Å². The zero-order valence-electron chi connectivity index (χ0n) is 38.4. The summed E-state index contributed by atoms with van der Waals surface area (Å²) in [6, 6.07) is 32.2. The number of hydrogen-bond donors (Lipinski definition) is 0. The summed E-state index contributed by atoms with van der Waals surface area (Å²) in [5.41, 5.74) is -12.6. The molecule has 0 fully saturated rings. The fourth-order valence-electron chi connectivity index (χ4n) is 5.26. The minimum atomic E-state index is -4.47. The molecule has 1 heteroatoms. The highest BCUT2D eigenvalue weighted by Gasteiger charge is 2.56. The summed E-state index contributed by atoms with van der Waals surface area (Å²) in [7, 11) is 0. The van der Waals surface area contributed by atoms with Gasteiger partial charge in [-0.05, 0) is 80.1 Å². The highest BCUT2D eigenvalue weighted by Crippen LogP contribution is 2.62. The van der Waals surface area contributed by atoms with E-state index in [-0.39, 0.29) is 5.56 Å². The third-order valence-corrected chi connectivity index (χ3v) is 7.40. The third kappa shape index (κ3) is 3.52. The molecular weight excluding hydrogens is 458 g/mol. The number of hydrogen-bond acceptors (Lipinski definition) is 1. The number of nitrogens with zero attached hydrogens (tertiary/aromatic N) is 1. The van der Waals surface area contributed by atoms with E-state index in [9.17, 15) is 0 Å². The monoisotopic (exact) mass is 513 g/mol. The Morgan fingerprint density at radius 1 is 0.526 bits per heavy atom. The highest BCUT2D eigenvalue weighted by molar-refractivity contribution is 5.98. The van der Waals surface area contributed by atoms with Gasteiger partial charge in [0.25, 0.3) is 0 Å². The molecule has 38 heavy (non-hydrogen) atoms. The number of anilines is 3. The number of rotatable bonds is 4. The minimum Gasteiger partial charge on any atom is -0.310 e.